The molecule has 0 spiro atoms. The van der Waals surface area contributed by atoms with E-state index >= 15 is 0 Å². The maximum Gasteiger partial charge on any atom is 0.322 e. The number of aromatic nitrogens is 2. The van der Waals surface area contributed by atoms with Crippen LogP contribution in [0, 0.1) is 0 Å². The number of carbonyl (C=O) groups is 1. The van der Waals surface area contributed by atoms with Gasteiger partial charge < -0.3 is 10.2 Å². The van der Waals surface area contributed by atoms with E-state index in [1.54, 1.807) is 0 Å². The van der Waals surface area contributed by atoms with Crippen LogP contribution in [0.25, 0.3) is 0 Å². The molecule has 0 aromatic carbocycles. The first-order valence-electron chi connectivity index (χ1n) is 4.85. The minimum Gasteiger partial charge on any atom is -0.480 e. The van der Waals surface area contributed by atoms with Gasteiger partial charge in [-0.1, -0.05) is 0 Å². The average Bonchev–Trinajstić information content (AvgIpc) is 2.84. The number of rotatable bonds is 3. The summed E-state index contributed by atoms with van der Waals surface area (Å²) in [5, 5.41) is 23.9. The molecular weight excluding hydrogens is 250 g/mol. The highest BCUT2D eigenvalue weighted by molar-refractivity contribution is 7.89. The number of sulfonamides is 1. The molecule has 0 bridgehead atoms. The fourth-order valence-corrected chi connectivity index (χ4v) is 3.32. The summed E-state index contributed by atoms with van der Waals surface area (Å²) in [4.78, 5) is 10.9. The number of hydrogen-bond acceptors (Lipinski definition) is 5. The maximum atomic E-state index is 12.0. The number of aliphatic carboxylic acids is 1. The standard InChI is InChI=1S/C8H11N3O5S/c12-5-3-6(8(13)14)11(4-5)17(15,16)7-1-2-9-10-7/h1-2,5-6,12H,3-4H2,(H,9,10)(H,13,14). The van der Waals surface area contributed by atoms with Crippen molar-refractivity contribution in [3.8, 4) is 0 Å². The fraction of sp³-hybridized carbons (Fsp3) is 0.500. The molecule has 2 rings (SSSR count). The lowest BCUT2D eigenvalue weighted by atomic mass is 10.2. The average molecular weight is 261 g/mol. The number of aromatic amines is 1. The molecule has 17 heavy (non-hydrogen) atoms. The molecule has 2 heterocycles. The predicted molar refractivity (Wildman–Crippen MR) is 54.5 cm³/mol. The van der Waals surface area contributed by atoms with E-state index in [0.717, 1.165) is 4.31 Å². The van der Waals surface area contributed by atoms with Gasteiger partial charge in [0.15, 0.2) is 5.03 Å². The molecule has 0 radical (unpaired) electrons. The maximum absolute atomic E-state index is 12.0. The molecule has 94 valence electrons. The van der Waals surface area contributed by atoms with Gasteiger partial charge in [-0.15, -0.1) is 0 Å². The van der Waals surface area contributed by atoms with E-state index in [1.807, 2.05) is 0 Å². The minimum absolute atomic E-state index is 0.108. The highest BCUT2D eigenvalue weighted by atomic mass is 32.2. The third-order valence-electron chi connectivity index (χ3n) is 2.58. The first-order valence-corrected chi connectivity index (χ1v) is 6.29. The molecule has 1 aliphatic rings. The zero-order valence-corrected chi connectivity index (χ0v) is 9.46. The van der Waals surface area contributed by atoms with Crippen molar-refractivity contribution in [3.63, 3.8) is 0 Å². The topological polar surface area (TPSA) is 124 Å². The zero-order chi connectivity index (χ0) is 12.6. The molecule has 1 saturated heterocycles. The van der Waals surface area contributed by atoms with Crippen molar-refractivity contribution in [2.45, 2.75) is 23.6 Å². The number of aliphatic hydroxyl groups excluding tert-OH is 1. The summed E-state index contributed by atoms with van der Waals surface area (Å²) in [6, 6.07) is -0.00262. The Labute approximate surface area is 96.9 Å². The number of carboxylic acids is 1. The number of aliphatic hydroxyl groups is 1. The van der Waals surface area contributed by atoms with Crippen molar-refractivity contribution >= 4 is 16.0 Å². The Morgan fingerprint density at radius 3 is 2.82 bits per heavy atom. The SMILES string of the molecule is O=C(O)C1CC(O)CN1S(=O)(=O)c1ccn[nH]1. The molecule has 1 fully saturated rings. The van der Waals surface area contributed by atoms with E-state index in [1.165, 1.54) is 12.3 Å². The lowest BCUT2D eigenvalue weighted by Crippen LogP contribution is -2.40. The van der Waals surface area contributed by atoms with Gasteiger partial charge in [0.05, 0.1) is 12.3 Å². The summed E-state index contributed by atoms with van der Waals surface area (Å²) in [6.07, 6.45) is 0.187. The summed E-state index contributed by atoms with van der Waals surface area (Å²) < 4.78 is 24.8. The molecule has 3 N–H and O–H groups in total. The summed E-state index contributed by atoms with van der Waals surface area (Å²) in [7, 11) is -3.95. The van der Waals surface area contributed by atoms with Crippen LogP contribution >= 0.6 is 0 Å². The van der Waals surface area contributed by atoms with Crippen LogP contribution in [0.5, 0.6) is 0 Å². The van der Waals surface area contributed by atoms with Gasteiger partial charge >= 0.3 is 5.97 Å². The smallest absolute Gasteiger partial charge is 0.322 e. The van der Waals surface area contributed by atoms with E-state index in [9.17, 15) is 18.3 Å². The Kier molecular flexibility index (Phi) is 2.89. The van der Waals surface area contributed by atoms with E-state index < -0.39 is 28.1 Å². The van der Waals surface area contributed by atoms with Crippen molar-refractivity contribution in [2.75, 3.05) is 6.54 Å². The predicted octanol–water partition coefficient (Wildman–Crippen LogP) is -1.38. The number of nitrogens with one attached hydrogen (secondary N) is 1. The molecule has 9 heteroatoms. The lowest BCUT2D eigenvalue weighted by Gasteiger charge is -2.19. The van der Waals surface area contributed by atoms with E-state index in [4.69, 9.17) is 5.11 Å². The molecule has 1 aromatic rings. The third-order valence-corrected chi connectivity index (χ3v) is 4.38. The second-order valence-electron chi connectivity index (χ2n) is 3.74. The summed E-state index contributed by atoms with van der Waals surface area (Å²) in [5.74, 6) is -1.27. The second-order valence-corrected chi connectivity index (χ2v) is 5.60. The molecule has 1 aromatic heterocycles. The molecule has 8 nitrogen and oxygen atoms in total. The summed E-state index contributed by atoms with van der Waals surface area (Å²) >= 11 is 0. The van der Waals surface area contributed by atoms with Crippen LogP contribution in [0.3, 0.4) is 0 Å². The molecule has 0 saturated carbocycles. The van der Waals surface area contributed by atoms with Gasteiger partial charge in [0.1, 0.15) is 6.04 Å². The number of H-pyrrole nitrogens is 1. The van der Waals surface area contributed by atoms with Gasteiger partial charge in [-0.3, -0.25) is 9.89 Å². The van der Waals surface area contributed by atoms with Crippen LogP contribution in [-0.2, 0) is 14.8 Å². The van der Waals surface area contributed by atoms with E-state index in [-0.39, 0.29) is 18.0 Å². The van der Waals surface area contributed by atoms with Crippen LogP contribution < -0.4 is 0 Å². The van der Waals surface area contributed by atoms with Crippen molar-refractivity contribution in [2.24, 2.45) is 0 Å². The molecular formula is C8H11N3O5S. The van der Waals surface area contributed by atoms with Gasteiger partial charge in [-0.25, -0.2) is 8.42 Å². The van der Waals surface area contributed by atoms with Crippen LogP contribution in [0.2, 0.25) is 0 Å². The molecule has 0 amide bonds. The van der Waals surface area contributed by atoms with Crippen molar-refractivity contribution in [1.82, 2.24) is 14.5 Å². The fourth-order valence-electron chi connectivity index (χ4n) is 1.79. The number of nitrogens with zero attached hydrogens (tertiary/aromatic N) is 2. The Balaban J connectivity index is 2.36. The van der Waals surface area contributed by atoms with Gasteiger partial charge in [-0.05, 0) is 6.07 Å². The second kappa shape index (κ2) is 4.09. The number of hydrogen-bond donors (Lipinski definition) is 3. The third kappa shape index (κ3) is 2.04. The Morgan fingerprint density at radius 1 is 1.59 bits per heavy atom. The Bertz CT molecular complexity index is 511. The quantitative estimate of drug-likeness (QED) is 0.616. The van der Waals surface area contributed by atoms with E-state index in [0.29, 0.717) is 0 Å². The molecule has 2 unspecified atom stereocenters. The van der Waals surface area contributed by atoms with Crippen LogP contribution in [0.4, 0.5) is 0 Å². The van der Waals surface area contributed by atoms with Gasteiger partial charge in [0, 0.05) is 13.0 Å². The highest BCUT2D eigenvalue weighted by Gasteiger charge is 2.43. The van der Waals surface area contributed by atoms with E-state index in [2.05, 4.69) is 10.2 Å². The molecule has 2 atom stereocenters. The first kappa shape index (κ1) is 12.0. The largest absolute Gasteiger partial charge is 0.480 e. The molecule has 0 aliphatic carbocycles. The number of carboxylic acid groups (broad SMARTS) is 1. The van der Waals surface area contributed by atoms with Crippen LogP contribution in [0.15, 0.2) is 17.3 Å². The lowest BCUT2D eigenvalue weighted by molar-refractivity contribution is -0.140. The minimum atomic E-state index is -3.95. The van der Waals surface area contributed by atoms with Gasteiger partial charge in [0.2, 0.25) is 0 Å². The monoisotopic (exact) mass is 261 g/mol. The summed E-state index contributed by atoms with van der Waals surface area (Å²) in [6.45, 7) is -0.224. The normalized spacial score (nSPS) is 26.2. The number of β-amino-alcohol motifs (C(OH)–C–C–N with tert-alkyl or cyclic N) is 1. The summed E-state index contributed by atoms with van der Waals surface area (Å²) in [5.41, 5.74) is 0. The zero-order valence-electron chi connectivity index (χ0n) is 8.65. The van der Waals surface area contributed by atoms with Gasteiger partial charge in [-0.2, -0.15) is 9.40 Å². The van der Waals surface area contributed by atoms with Crippen LogP contribution in [-0.4, -0.2) is 57.8 Å². The molecule has 1 aliphatic heterocycles. The highest BCUT2D eigenvalue weighted by Crippen LogP contribution is 2.25. The van der Waals surface area contributed by atoms with Crippen molar-refractivity contribution in [1.29, 1.82) is 0 Å². The van der Waals surface area contributed by atoms with Crippen molar-refractivity contribution < 1.29 is 23.4 Å². The van der Waals surface area contributed by atoms with Gasteiger partial charge in [0.25, 0.3) is 10.0 Å². The van der Waals surface area contributed by atoms with Crippen molar-refractivity contribution in [3.05, 3.63) is 12.3 Å². The van der Waals surface area contributed by atoms with Crippen LogP contribution in [0.1, 0.15) is 6.42 Å². The first-order chi connectivity index (χ1) is 7.93. The Morgan fingerprint density at radius 2 is 2.29 bits per heavy atom. The Hall–Kier alpha value is -1.45.